The fourth-order valence-corrected chi connectivity index (χ4v) is 1.07. The molecule has 1 aromatic rings. The summed E-state index contributed by atoms with van der Waals surface area (Å²) in [5.74, 6) is 0. The lowest BCUT2D eigenvalue weighted by atomic mass is 10.2. The number of ether oxygens (including phenoxy) is 1. The molecule has 1 aromatic carbocycles. The summed E-state index contributed by atoms with van der Waals surface area (Å²) in [6.07, 6.45) is 0. The fraction of sp³-hybridized carbons (Fsp3) is 0.125. The molecule has 0 saturated carbocycles. The maximum Gasteiger partial charge on any atom is 0.417 e. The number of nitrogens with zero attached hydrogens (tertiary/aromatic N) is 2. The second-order valence-electron chi connectivity index (χ2n) is 2.70. The van der Waals surface area contributed by atoms with Crippen molar-refractivity contribution in [2.45, 2.75) is 6.61 Å². The number of hydrogen-bond acceptors (Lipinski definition) is 6. The summed E-state index contributed by atoms with van der Waals surface area (Å²) >= 11 is 0. The predicted octanol–water partition coefficient (Wildman–Crippen LogP) is 1.09. The highest BCUT2D eigenvalue weighted by Gasteiger charge is 2.19. The predicted molar refractivity (Wildman–Crippen MR) is 50.2 cm³/mol. The number of rotatable bonds is 5. The van der Waals surface area contributed by atoms with Crippen LogP contribution in [0.1, 0.15) is 5.56 Å². The number of hydrogen-bond donors (Lipinski definition) is 0. The Hall–Kier alpha value is -2.51. The van der Waals surface area contributed by atoms with Crippen LogP contribution < -0.4 is 0 Å². The van der Waals surface area contributed by atoms with Crippen molar-refractivity contribution in [1.29, 1.82) is 0 Å². The first-order chi connectivity index (χ1) is 7.56. The molecule has 8 nitrogen and oxygen atoms in total. The highest BCUT2D eigenvalue weighted by Crippen LogP contribution is 2.24. The van der Waals surface area contributed by atoms with Crippen LogP contribution in [-0.2, 0) is 16.1 Å². The summed E-state index contributed by atoms with van der Waals surface area (Å²) < 4.78 is 4.23. The molecule has 1 rings (SSSR count). The highest BCUT2D eigenvalue weighted by atomic mass is 16.6. The third-order valence-corrected chi connectivity index (χ3v) is 1.76. The number of non-ortho nitro benzene ring substituents is 1. The summed E-state index contributed by atoms with van der Waals surface area (Å²) in [6, 6.07) is 3.06. The van der Waals surface area contributed by atoms with Crippen LogP contribution in [0, 0.1) is 20.2 Å². The summed E-state index contributed by atoms with van der Waals surface area (Å²) in [6.45, 7) is 0.764. The van der Waals surface area contributed by atoms with Gasteiger partial charge in [-0.15, -0.1) is 0 Å². The SMILES string of the molecule is O=[C]OCc1ccc([N+](=O)[O-])cc1[N+](=O)[O-]. The summed E-state index contributed by atoms with van der Waals surface area (Å²) in [5, 5.41) is 21.0. The van der Waals surface area contributed by atoms with Gasteiger partial charge >= 0.3 is 6.47 Å². The topological polar surface area (TPSA) is 113 Å². The lowest BCUT2D eigenvalue weighted by Crippen LogP contribution is -1.99. The second kappa shape index (κ2) is 4.82. The largest absolute Gasteiger partial charge is 0.452 e. The minimum atomic E-state index is -0.781. The Morgan fingerprint density at radius 1 is 1.25 bits per heavy atom. The van der Waals surface area contributed by atoms with E-state index in [1.165, 1.54) is 0 Å². The van der Waals surface area contributed by atoms with Crippen LogP contribution in [-0.4, -0.2) is 16.3 Å². The molecule has 16 heavy (non-hydrogen) atoms. The normalized spacial score (nSPS) is 9.50. The van der Waals surface area contributed by atoms with Crippen molar-refractivity contribution in [3.8, 4) is 0 Å². The Morgan fingerprint density at radius 3 is 2.44 bits per heavy atom. The van der Waals surface area contributed by atoms with Crippen LogP contribution in [0.15, 0.2) is 18.2 Å². The lowest BCUT2D eigenvalue weighted by Gasteiger charge is -2.00. The molecule has 0 bridgehead atoms. The van der Waals surface area contributed by atoms with E-state index in [2.05, 4.69) is 4.74 Å². The lowest BCUT2D eigenvalue weighted by molar-refractivity contribution is -0.394. The third kappa shape index (κ3) is 2.50. The van der Waals surface area contributed by atoms with E-state index in [9.17, 15) is 25.0 Å². The standard InChI is InChI=1S/C8H5N2O6/c11-5-16-4-6-1-2-7(9(12)13)3-8(6)10(14)15/h1-3H,4H2. The molecule has 0 atom stereocenters. The Bertz CT molecular complexity index is 444. The zero-order valence-electron chi connectivity index (χ0n) is 7.78. The Balaban J connectivity index is 3.13. The van der Waals surface area contributed by atoms with Crippen molar-refractivity contribution in [2.75, 3.05) is 0 Å². The van der Waals surface area contributed by atoms with Gasteiger partial charge in [-0.1, -0.05) is 0 Å². The maximum absolute atomic E-state index is 10.6. The molecule has 0 heterocycles. The number of carbonyl (C=O) groups excluding carboxylic acids is 1. The van der Waals surface area contributed by atoms with Gasteiger partial charge in [-0.05, 0) is 6.07 Å². The zero-order chi connectivity index (χ0) is 12.1. The van der Waals surface area contributed by atoms with Crippen LogP contribution in [0.25, 0.3) is 0 Å². The molecule has 0 amide bonds. The molecular weight excluding hydrogens is 220 g/mol. The molecule has 0 spiro atoms. The number of benzene rings is 1. The van der Waals surface area contributed by atoms with Crippen LogP contribution in [0.4, 0.5) is 11.4 Å². The van der Waals surface area contributed by atoms with Gasteiger partial charge in [0.15, 0.2) is 0 Å². The molecule has 0 aliphatic rings. The first-order valence-corrected chi connectivity index (χ1v) is 3.97. The molecule has 0 unspecified atom stereocenters. The molecular formula is C8H5N2O6. The van der Waals surface area contributed by atoms with Gasteiger partial charge in [-0.25, -0.2) is 4.79 Å². The minimum Gasteiger partial charge on any atom is -0.452 e. The Labute approximate surface area is 88.7 Å². The van der Waals surface area contributed by atoms with Gasteiger partial charge in [0.1, 0.15) is 6.61 Å². The van der Waals surface area contributed by atoms with E-state index in [1.807, 2.05) is 0 Å². The van der Waals surface area contributed by atoms with E-state index in [-0.39, 0.29) is 12.2 Å². The van der Waals surface area contributed by atoms with Gasteiger partial charge < -0.3 is 4.74 Å². The second-order valence-corrected chi connectivity index (χ2v) is 2.70. The first kappa shape index (κ1) is 11.6. The molecule has 0 aromatic heterocycles. The maximum atomic E-state index is 10.6. The van der Waals surface area contributed by atoms with Gasteiger partial charge in [0.25, 0.3) is 11.4 Å². The van der Waals surface area contributed by atoms with Gasteiger partial charge in [0, 0.05) is 6.07 Å². The molecule has 0 aliphatic carbocycles. The highest BCUT2D eigenvalue weighted by molar-refractivity contribution is 5.49. The van der Waals surface area contributed by atoms with E-state index in [4.69, 9.17) is 0 Å². The average Bonchev–Trinajstić information content (AvgIpc) is 2.25. The van der Waals surface area contributed by atoms with Crippen LogP contribution in [0.2, 0.25) is 0 Å². The molecule has 1 radical (unpaired) electrons. The van der Waals surface area contributed by atoms with Gasteiger partial charge in [0.05, 0.1) is 21.5 Å². The third-order valence-electron chi connectivity index (χ3n) is 1.76. The Kier molecular flexibility index (Phi) is 3.49. The first-order valence-electron chi connectivity index (χ1n) is 3.97. The van der Waals surface area contributed by atoms with Crippen LogP contribution >= 0.6 is 0 Å². The monoisotopic (exact) mass is 225 g/mol. The van der Waals surface area contributed by atoms with E-state index in [0.717, 1.165) is 24.7 Å². The average molecular weight is 225 g/mol. The molecule has 0 N–H and O–H groups in total. The van der Waals surface area contributed by atoms with Gasteiger partial charge in [0.2, 0.25) is 0 Å². The van der Waals surface area contributed by atoms with E-state index in [1.54, 1.807) is 0 Å². The van der Waals surface area contributed by atoms with Gasteiger partial charge in [-0.3, -0.25) is 20.2 Å². The number of nitro benzene ring substituents is 2. The van der Waals surface area contributed by atoms with Crippen molar-refractivity contribution in [3.63, 3.8) is 0 Å². The molecule has 8 heteroatoms. The molecule has 83 valence electrons. The molecule has 0 fully saturated rings. The minimum absolute atomic E-state index is 0.0685. The summed E-state index contributed by atoms with van der Waals surface area (Å²) in [4.78, 5) is 29.3. The van der Waals surface area contributed by atoms with Crippen LogP contribution in [0.3, 0.4) is 0 Å². The van der Waals surface area contributed by atoms with Crippen molar-refractivity contribution in [2.24, 2.45) is 0 Å². The van der Waals surface area contributed by atoms with Crippen molar-refractivity contribution in [3.05, 3.63) is 44.0 Å². The van der Waals surface area contributed by atoms with Crippen molar-refractivity contribution in [1.82, 2.24) is 0 Å². The summed E-state index contributed by atoms with van der Waals surface area (Å²) in [7, 11) is 0. The van der Waals surface area contributed by atoms with E-state index < -0.39 is 21.2 Å². The molecule has 0 saturated heterocycles. The number of nitro groups is 2. The van der Waals surface area contributed by atoms with Crippen molar-refractivity contribution < 1.29 is 19.4 Å². The quantitative estimate of drug-likeness (QED) is 0.547. The van der Waals surface area contributed by atoms with Crippen LogP contribution in [0.5, 0.6) is 0 Å². The molecule has 0 aliphatic heterocycles. The zero-order valence-corrected chi connectivity index (χ0v) is 7.78. The van der Waals surface area contributed by atoms with E-state index in [0.29, 0.717) is 0 Å². The smallest absolute Gasteiger partial charge is 0.417 e. The fourth-order valence-electron chi connectivity index (χ4n) is 1.07. The van der Waals surface area contributed by atoms with Gasteiger partial charge in [-0.2, -0.15) is 0 Å². The van der Waals surface area contributed by atoms with Crippen molar-refractivity contribution >= 4 is 17.8 Å². The summed E-state index contributed by atoms with van der Waals surface area (Å²) in [5.41, 5.74) is -0.797. The van der Waals surface area contributed by atoms with E-state index >= 15 is 0 Å². The Morgan fingerprint density at radius 2 is 1.94 bits per heavy atom.